The number of aliphatic hydroxyl groups is 3. The molecule has 1 unspecified atom stereocenters. The molecule has 0 spiro atoms. The molecule has 4 aromatic heterocycles. The van der Waals surface area contributed by atoms with E-state index in [2.05, 4.69) is 29.9 Å². The van der Waals surface area contributed by atoms with Gasteiger partial charge in [0.15, 0.2) is 0 Å². The molecule has 0 aliphatic rings. The first-order chi connectivity index (χ1) is 31.4. The van der Waals surface area contributed by atoms with Crippen LogP contribution in [0.4, 0.5) is 8.78 Å². The average molecular weight is 859 g/mol. The molecule has 5 aromatic carbocycles. The number of aliphatic hydroxyl groups excluding tert-OH is 3. The monoisotopic (exact) mass is 858 g/mol. The third-order valence-corrected chi connectivity index (χ3v) is 9.88. The summed E-state index contributed by atoms with van der Waals surface area (Å²) in [6, 6.07) is 43.2. The lowest BCUT2D eigenvalue weighted by molar-refractivity contribution is 0.106. The van der Waals surface area contributed by atoms with Crippen LogP contribution in [0.5, 0.6) is 23.5 Å². The number of benzene rings is 5. The van der Waals surface area contributed by atoms with Crippen LogP contribution in [0.25, 0.3) is 45.3 Å². The molecule has 0 fully saturated rings. The number of para-hydroxylation sites is 2. The second kappa shape index (κ2) is 20.3. The Kier molecular flexibility index (Phi) is 13.5. The van der Waals surface area contributed by atoms with Gasteiger partial charge in [-0.25, -0.2) is 28.7 Å². The summed E-state index contributed by atoms with van der Waals surface area (Å²) in [6.07, 6.45) is 5.72. The zero-order valence-corrected chi connectivity index (χ0v) is 34.0. The van der Waals surface area contributed by atoms with E-state index in [1.165, 1.54) is 30.6 Å². The van der Waals surface area contributed by atoms with Gasteiger partial charge in [0, 0.05) is 29.9 Å². The first-order valence-electron chi connectivity index (χ1n) is 20.1. The predicted octanol–water partition coefficient (Wildman–Crippen LogP) is 9.14. The van der Waals surface area contributed by atoms with Crippen LogP contribution in [-0.2, 0) is 6.42 Å². The summed E-state index contributed by atoms with van der Waals surface area (Å²) in [5.41, 5.74) is 5.58. The van der Waals surface area contributed by atoms with Crippen molar-refractivity contribution in [1.82, 2.24) is 39.0 Å². The standard InChI is InChI=1S/C27H21FN4O2.C22H19FN4O3/c28-21-13-11-20(12-14-21)25-26(32(18-30-25)24(33)17-19-7-3-1-4-8-19)23-15-16-29-27(31-23)34-22-9-5-2-6-10-22;23-16-8-6-15(7-9-16)20-21(27(14-25-20)17(12-28)13-29)19-10-11-24-22(26-19)30-18-4-2-1-3-5-18/h1-16,18,24,33H,17H2;1-11,14,17,28-29H,12-13H2. The predicted molar refractivity (Wildman–Crippen MR) is 235 cm³/mol. The number of aromatic nitrogens is 8. The lowest BCUT2D eigenvalue weighted by Gasteiger charge is -2.17. The Hall–Kier alpha value is -7.98. The molecule has 13 nitrogen and oxygen atoms in total. The van der Waals surface area contributed by atoms with Crippen LogP contribution in [0.15, 0.2) is 177 Å². The molecule has 320 valence electrons. The number of nitrogens with zero attached hydrogens (tertiary/aromatic N) is 8. The summed E-state index contributed by atoms with van der Waals surface area (Å²) < 4.78 is 41.8. The lowest BCUT2D eigenvalue weighted by Crippen LogP contribution is -2.17. The maximum atomic E-state index is 13.6. The Morgan fingerprint density at radius 2 is 0.922 bits per heavy atom. The fourth-order valence-corrected chi connectivity index (χ4v) is 6.76. The van der Waals surface area contributed by atoms with Crippen LogP contribution in [-0.4, -0.2) is 67.6 Å². The molecule has 0 saturated heterocycles. The fourth-order valence-electron chi connectivity index (χ4n) is 6.76. The lowest BCUT2D eigenvalue weighted by atomic mass is 10.1. The maximum absolute atomic E-state index is 13.6. The summed E-state index contributed by atoms with van der Waals surface area (Å²) in [6.45, 7) is -0.581. The maximum Gasteiger partial charge on any atom is 0.322 e. The number of imidazole rings is 2. The molecule has 0 bridgehead atoms. The van der Waals surface area contributed by atoms with Gasteiger partial charge in [-0.15, -0.1) is 0 Å². The molecule has 0 radical (unpaired) electrons. The van der Waals surface area contributed by atoms with Crippen LogP contribution < -0.4 is 9.47 Å². The summed E-state index contributed by atoms with van der Waals surface area (Å²) in [5.74, 6) is 0.500. The molecule has 0 aliphatic carbocycles. The Morgan fingerprint density at radius 1 is 0.500 bits per heavy atom. The van der Waals surface area contributed by atoms with E-state index < -0.39 is 12.3 Å². The first-order valence-corrected chi connectivity index (χ1v) is 20.1. The van der Waals surface area contributed by atoms with E-state index in [-0.39, 0.29) is 36.9 Å². The Bertz CT molecular complexity index is 2880. The normalized spacial score (nSPS) is 11.5. The number of hydrogen-bond donors (Lipinski definition) is 3. The highest BCUT2D eigenvalue weighted by molar-refractivity contribution is 5.78. The van der Waals surface area contributed by atoms with Crippen molar-refractivity contribution in [2.45, 2.75) is 18.7 Å². The van der Waals surface area contributed by atoms with Crippen LogP contribution in [0.2, 0.25) is 0 Å². The van der Waals surface area contributed by atoms with Crippen molar-refractivity contribution in [3.63, 3.8) is 0 Å². The Morgan fingerprint density at radius 3 is 1.38 bits per heavy atom. The summed E-state index contributed by atoms with van der Waals surface area (Å²) in [7, 11) is 0. The molecular formula is C49H40F2N8O5. The van der Waals surface area contributed by atoms with Gasteiger partial charge in [-0.3, -0.25) is 0 Å². The minimum absolute atomic E-state index is 0.140. The van der Waals surface area contributed by atoms with Crippen LogP contribution in [0, 0.1) is 11.6 Å². The van der Waals surface area contributed by atoms with Crippen LogP contribution in [0.1, 0.15) is 17.8 Å². The first kappa shape index (κ1) is 42.7. The summed E-state index contributed by atoms with van der Waals surface area (Å²) in [4.78, 5) is 26.5. The van der Waals surface area contributed by atoms with Crippen LogP contribution >= 0.6 is 0 Å². The van der Waals surface area contributed by atoms with Gasteiger partial charge in [-0.1, -0.05) is 66.7 Å². The molecule has 4 heterocycles. The third kappa shape index (κ3) is 10.2. The molecule has 1 atom stereocenters. The van der Waals surface area contributed by atoms with Gasteiger partial charge in [0.25, 0.3) is 0 Å². The van der Waals surface area contributed by atoms with Crippen molar-refractivity contribution < 1.29 is 33.6 Å². The average Bonchev–Trinajstić information content (AvgIpc) is 3.98. The molecule has 0 saturated carbocycles. The minimum atomic E-state index is -0.896. The van der Waals surface area contributed by atoms with Gasteiger partial charge >= 0.3 is 12.0 Å². The van der Waals surface area contributed by atoms with E-state index in [0.717, 1.165) is 5.56 Å². The van der Waals surface area contributed by atoms with Crippen molar-refractivity contribution >= 4 is 0 Å². The van der Waals surface area contributed by atoms with Crippen molar-refractivity contribution in [3.05, 3.63) is 194 Å². The van der Waals surface area contributed by atoms with Gasteiger partial charge < -0.3 is 33.9 Å². The van der Waals surface area contributed by atoms with Gasteiger partial charge in [-0.2, -0.15) is 9.97 Å². The second-order valence-electron chi connectivity index (χ2n) is 14.2. The van der Waals surface area contributed by atoms with Gasteiger partial charge in [0.05, 0.1) is 66.1 Å². The SMILES string of the molecule is OC(Cc1ccccc1)n1cnc(-c2ccc(F)cc2)c1-c1ccnc(Oc2ccccc2)n1.OCC(CO)n1cnc(-c2ccc(F)cc2)c1-c1ccnc(Oc2ccccc2)n1. The van der Waals surface area contributed by atoms with E-state index in [9.17, 15) is 24.1 Å². The number of ether oxygens (including phenoxy) is 2. The van der Waals surface area contributed by atoms with Gasteiger partial charge in [0.2, 0.25) is 0 Å². The van der Waals surface area contributed by atoms with E-state index >= 15 is 0 Å². The van der Waals surface area contributed by atoms with Crippen molar-refractivity contribution in [1.29, 1.82) is 0 Å². The largest absolute Gasteiger partial charge is 0.424 e. The Balaban J connectivity index is 0.000000176. The molecule has 0 aliphatic heterocycles. The molecule has 0 amide bonds. The second-order valence-corrected chi connectivity index (χ2v) is 14.2. The molecule has 15 heteroatoms. The van der Waals surface area contributed by atoms with Gasteiger partial charge in [0.1, 0.15) is 29.4 Å². The van der Waals surface area contributed by atoms with Crippen molar-refractivity contribution in [2.24, 2.45) is 0 Å². The Labute approximate surface area is 366 Å². The topological polar surface area (TPSA) is 166 Å². The number of hydrogen-bond acceptors (Lipinski definition) is 11. The smallest absolute Gasteiger partial charge is 0.322 e. The minimum Gasteiger partial charge on any atom is -0.424 e. The number of halogens is 2. The molecule has 9 rings (SSSR count). The van der Waals surface area contributed by atoms with E-state index in [4.69, 9.17) is 9.47 Å². The summed E-state index contributed by atoms with van der Waals surface area (Å²) >= 11 is 0. The number of rotatable bonds is 14. The third-order valence-electron chi connectivity index (χ3n) is 9.88. The molecule has 64 heavy (non-hydrogen) atoms. The zero-order chi connectivity index (χ0) is 44.3. The van der Waals surface area contributed by atoms with Crippen LogP contribution in [0.3, 0.4) is 0 Å². The van der Waals surface area contributed by atoms with Gasteiger partial charge in [-0.05, 0) is 90.5 Å². The highest BCUT2D eigenvalue weighted by Crippen LogP contribution is 2.35. The zero-order valence-electron chi connectivity index (χ0n) is 34.0. The molecule has 3 N–H and O–H groups in total. The summed E-state index contributed by atoms with van der Waals surface area (Å²) in [5, 5.41) is 30.5. The fraction of sp³-hybridized carbons (Fsp3) is 0.102. The van der Waals surface area contributed by atoms with E-state index in [0.29, 0.717) is 63.2 Å². The highest BCUT2D eigenvalue weighted by atomic mass is 19.1. The van der Waals surface area contributed by atoms with Crippen molar-refractivity contribution in [3.8, 4) is 68.8 Å². The highest BCUT2D eigenvalue weighted by Gasteiger charge is 2.23. The van der Waals surface area contributed by atoms with E-state index in [1.807, 2.05) is 78.9 Å². The molecular weight excluding hydrogens is 819 g/mol. The van der Waals surface area contributed by atoms with Crippen molar-refractivity contribution in [2.75, 3.05) is 13.2 Å². The van der Waals surface area contributed by atoms with E-state index in [1.54, 1.807) is 76.4 Å². The molecule has 9 aromatic rings. The quantitative estimate of drug-likeness (QED) is 0.0955.